The van der Waals surface area contributed by atoms with E-state index in [-0.39, 0.29) is 5.91 Å². The summed E-state index contributed by atoms with van der Waals surface area (Å²) in [6.07, 6.45) is 0. The van der Waals surface area contributed by atoms with E-state index in [2.05, 4.69) is 0 Å². The highest BCUT2D eigenvalue weighted by Crippen LogP contribution is 2.18. The molecule has 0 unspecified atom stereocenters. The number of amides is 1. The van der Waals surface area contributed by atoms with Crippen molar-refractivity contribution in [2.45, 2.75) is 39.0 Å². The molecule has 0 heterocycles. The Kier molecular flexibility index (Phi) is 6.27. The summed E-state index contributed by atoms with van der Waals surface area (Å²) in [6, 6.07) is 8.18. The number of thioether (sulfide) groups is 1. The van der Waals surface area contributed by atoms with E-state index >= 15 is 0 Å². The minimum Gasteiger partial charge on any atom is -0.480 e. The van der Waals surface area contributed by atoms with Crippen molar-refractivity contribution in [1.29, 1.82) is 0 Å². The van der Waals surface area contributed by atoms with E-state index < -0.39 is 11.5 Å². The number of benzene rings is 1. The summed E-state index contributed by atoms with van der Waals surface area (Å²) in [5.74, 6) is -0.0848. The fourth-order valence-electron chi connectivity index (χ4n) is 2.02. The fraction of sp³-hybridized carbons (Fsp3) is 0.500. The maximum atomic E-state index is 12.2. The van der Waals surface area contributed by atoms with Gasteiger partial charge < -0.3 is 10.0 Å². The highest BCUT2D eigenvalue weighted by atomic mass is 32.2. The zero-order chi connectivity index (χ0) is 16.0. The van der Waals surface area contributed by atoms with Crippen molar-refractivity contribution in [3.63, 3.8) is 0 Å². The number of aliphatic carboxylic acids is 1. The fourth-order valence-corrected chi connectivity index (χ4v) is 2.88. The third-order valence-corrected chi connectivity index (χ3v) is 4.42. The van der Waals surface area contributed by atoms with Crippen LogP contribution in [0, 0.1) is 6.92 Å². The summed E-state index contributed by atoms with van der Waals surface area (Å²) >= 11 is 1.51. The lowest BCUT2D eigenvalue weighted by Crippen LogP contribution is -2.53. The third kappa shape index (κ3) is 4.77. The second-order valence-electron chi connectivity index (χ2n) is 5.48. The van der Waals surface area contributed by atoms with Gasteiger partial charge in [0.1, 0.15) is 5.54 Å². The molecule has 1 rings (SSSR count). The second-order valence-corrected chi connectivity index (χ2v) is 6.47. The molecule has 0 saturated carbocycles. The van der Waals surface area contributed by atoms with Crippen molar-refractivity contribution < 1.29 is 14.7 Å². The van der Waals surface area contributed by atoms with E-state index in [1.54, 1.807) is 20.8 Å². The summed E-state index contributed by atoms with van der Waals surface area (Å²) in [4.78, 5) is 24.9. The van der Waals surface area contributed by atoms with Crippen LogP contribution >= 0.6 is 11.8 Å². The van der Waals surface area contributed by atoms with Gasteiger partial charge in [-0.2, -0.15) is 0 Å². The van der Waals surface area contributed by atoms with Gasteiger partial charge in [-0.25, -0.2) is 4.79 Å². The summed E-state index contributed by atoms with van der Waals surface area (Å²) in [5.41, 5.74) is 1.20. The van der Waals surface area contributed by atoms with Gasteiger partial charge in [-0.15, -0.1) is 11.8 Å². The molecule has 5 heteroatoms. The van der Waals surface area contributed by atoms with E-state index in [9.17, 15) is 14.7 Å². The Morgan fingerprint density at radius 3 is 2.29 bits per heavy atom. The molecule has 0 spiro atoms. The van der Waals surface area contributed by atoms with E-state index in [0.29, 0.717) is 12.3 Å². The van der Waals surface area contributed by atoms with Crippen LogP contribution in [0.1, 0.15) is 31.9 Å². The lowest BCUT2D eigenvalue weighted by molar-refractivity contribution is -0.155. The zero-order valence-corrected chi connectivity index (χ0v) is 13.9. The molecule has 116 valence electrons. The van der Waals surface area contributed by atoms with Gasteiger partial charge in [0.2, 0.25) is 5.91 Å². The number of carbonyl (C=O) groups excluding carboxylic acids is 1. The molecule has 1 amide bonds. The second kappa shape index (κ2) is 7.50. The minimum atomic E-state index is -1.17. The third-order valence-electron chi connectivity index (χ3n) is 3.43. The van der Waals surface area contributed by atoms with Crippen LogP contribution in [0.15, 0.2) is 24.3 Å². The van der Waals surface area contributed by atoms with Crippen molar-refractivity contribution in [2.75, 3.05) is 12.3 Å². The number of nitrogens with zero attached hydrogens (tertiary/aromatic N) is 1. The Hall–Kier alpha value is -1.49. The highest BCUT2D eigenvalue weighted by Gasteiger charge is 2.36. The molecule has 0 aliphatic rings. The van der Waals surface area contributed by atoms with Crippen molar-refractivity contribution >= 4 is 23.6 Å². The summed E-state index contributed by atoms with van der Waals surface area (Å²) < 4.78 is 0. The van der Waals surface area contributed by atoms with Crippen LogP contribution in [0.5, 0.6) is 0 Å². The van der Waals surface area contributed by atoms with Crippen molar-refractivity contribution in [2.24, 2.45) is 0 Å². The molecule has 0 fully saturated rings. The van der Waals surface area contributed by atoms with Crippen LogP contribution in [-0.2, 0) is 15.3 Å². The van der Waals surface area contributed by atoms with Crippen molar-refractivity contribution in [3.05, 3.63) is 35.4 Å². The van der Waals surface area contributed by atoms with Gasteiger partial charge in [-0.05, 0) is 33.3 Å². The Morgan fingerprint density at radius 2 is 1.81 bits per heavy atom. The molecule has 0 radical (unpaired) electrons. The molecule has 0 atom stereocenters. The molecule has 0 bridgehead atoms. The molecule has 1 aromatic carbocycles. The van der Waals surface area contributed by atoms with Gasteiger partial charge in [0.05, 0.1) is 5.75 Å². The SMILES string of the molecule is CCN(C(=O)CSCc1ccc(C)cc1)C(C)(C)C(=O)O. The number of rotatable bonds is 7. The highest BCUT2D eigenvalue weighted by molar-refractivity contribution is 7.99. The monoisotopic (exact) mass is 309 g/mol. The number of carboxylic acid groups (broad SMARTS) is 1. The molecule has 0 aliphatic heterocycles. The standard InChI is InChI=1S/C16H23NO3S/c1-5-17(16(3,4)15(19)20)14(18)11-21-10-13-8-6-12(2)7-9-13/h6-9H,5,10-11H2,1-4H3,(H,19,20). The van der Waals surface area contributed by atoms with Crippen molar-refractivity contribution in [3.8, 4) is 0 Å². The number of aryl methyl sites for hydroxylation is 1. The Balaban J connectivity index is 2.55. The molecule has 4 nitrogen and oxygen atoms in total. The maximum Gasteiger partial charge on any atom is 0.329 e. The molecule has 1 aromatic rings. The van der Waals surface area contributed by atoms with Crippen LogP contribution in [0.2, 0.25) is 0 Å². The van der Waals surface area contributed by atoms with E-state index in [1.807, 2.05) is 31.2 Å². The van der Waals surface area contributed by atoms with Crippen molar-refractivity contribution in [1.82, 2.24) is 4.90 Å². The zero-order valence-electron chi connectivity index (χ0n) is 13.0. The van der Waals surface area contributed by atoms with Gasteiger partial charge in [0.25, 0.3) is 0 Å². The van der Waals surface area contributed by atoms with E-state index in [0.717, 1.165) is 5.75 Å². The Bertz CT molecular complexity index is 497. The predicted molar refractivity (Wildman–Crippen MR) is 86.4 cm³/mol. The smallest absolute Gasteiger partial charge is 0.329 e. The summed E-state index contributed by atoms with van der Waals surface area (Å²) in [7, 11) is 0. The summed E-state index contributed by atoms with van der Waals surface area (Å²) in [6.45, 7) is 7.34. The molecule has 21 heavy (non-hydrogen) atoms. The number of carboxylic acids is 1. The lowest BCUT2D eigenvalue weighted by Gasteiger charge is -2.34. The first-order chi connectivity index (χ1) is 9.78. The molecule has 1 N–H and O–H groups in total. The largest absolute Gasteiger partial charge is 0.480 e. The van der Waals surface area contributed by atoms with Crippen LogP contribution in [0.3, 0.4) is 0 Å². The van der Waals surface area contributed by atoms with Gasteiger partial charge in [0, 0.05) is 12.3 Å². The average Bonchev–Trinajstić information content (AvgIpc) is 2.41. The molecular weight excluding hydrogens is 286 g/mol. The van der Waals surface area contributed by atoms with Gasteiger partial charge in [0.15, 0.2) is 0 Å². The first kappa shape index (κ1) is 17.6. The van der Waals surface area contributed by atoms with E-state index in [1.165, 1.54) is 27.8 Å². The molecule has 0 aromatic heterocycles. The van der Waals surface area contributed by atoms with Gasteiger partial charge >= 0.3 is 5.97 Å². The number of hydrogen-bond acceptors (Lipinski definition) is 3. The minimum absolute atomic E-state index is 0.137. The normalized spacial score (nSPS) is 11.2. The lowest BCUT2D eigenvalue weighted by atomic mass is 10.0. The number of carbonyl (C=O) groups is 2. The van der Waals surface area contributed by atoms with Crippen LogP contribution in [0.25, 0.3) is 0 Å². The summed E-state index contributed by atoms with van der Waals surface area (Å²) in [5, 5.41) is 9.22. The predicted octanol–water partition coefficient (Wildman–Crippen LogP) is 2.94. The number of hydrogen-bond donors (Lipinski definition) is 1. The first-order valence-corrected chi connectivity index (χ1v) is 8.11. The molecule has 0 saturated heterocycles. The molecule has 0 aliphatic carbocycles. The Labute approximate surface area is 130 Å². The van der Waals surface area contributed by atoms with Gasteiger partial charge in [-0.3, -0.25) is 4.79 Å². The average molecular weight is 309 g/mol. The van der Waals surface area contributed by atoms with E-state index in [4.69, 9.17) is 0 Å². The molecular formula is C16H23NO3S. The maximum absolute atomic E-state index is 12.2. The topological polar surface area (TPSA) is 57.6 Å². The van der Waals surface area contributed by atoms with Crippen LogP contribution < -0.4 is 0 Å². The first-order valence-electron chi connectivity index (χ1n) is 6.96. The Morgan fingerprint density at radius 1 is 1.24 bits per heavy atom. The van der Waals surface area contributed by atoms with Gasteiger partial charge in [-0.1, -0.05) is 29.8 Å². The number of likely N-dealkylation sites (N-methyl/N-ethyl adjacent to an activating group) is 1. The van der Waals surface area contributed by atoms with Crippen LogP contribution in [0.4, 0.5) is 0 Å². The van der Waals surface area contributed by atoms with Crippen LogP contribution in [-0.4, -0.2) is 39.7 Å². The quantitative estimate of drug-likeness (QED) is 0.841.